The van der Waals surface area contributed by atoms with E-state index in [1.807, 2.05) is 18.7 Å². The smallest absolute Gasteiger partial charge is 0.179 e. The molecule has 1 N–H and O–H groups in total. The Balaban J connectivity index is 2.84. The largest absolute Gasteiger partial charge is 0.371 e. The summed E-state index contributed by atoms with van der Waals surface area (Å²) < 4.78 is 2.61. The zero-order chi connectivity index (χ0) is 9.42. The maximum absolute atomic E-state index is 4.28. The third-order valence-corrected chi connectivity index (χ3v) is 2.55. The summed E-state index contributed by atoms with van der Waals surface area (Å²) in [6, 6.07) is 0. The fraction of sp³-hybridized carbons (Fsp3) is 0.286. The van der Waals surface area contributed by atoms with E-state index in [4.69, 9.17) is 0 Å². The molecule has 0 aromatic carbocycles. The second kappa shape index (κ2) is 2.95. The summed E-state index contributed by atoms with van der Waals surface area (Å²) >= 11 is 3.33. The molecule has 68 valence electrons. The fourth-order valence-electron chi connectivity index (χ4n) is 1.16. The number of aryl methyl sites for hydroxylation is 1. The Morgan fingerprint density at radius 3 is 2.92 bits per heavy atom. The van der Waals surface area contributed by atoms with Crippen molar-refractivity contribution in [1.29, 1.82) is 0 Å². The number of halogens is 1. The number of fused-ring (bicyclic) bond motifs is 1. The molecule has 2 aromatic heterocycles. The normalized spacial score (nSPS) is 10.7. The zero-order valence-corrected chi connectivity index (χ0v) is 8.83. The number of nitrogens with zero attached hydrogens (tertiary/aromatic N) is 4. The molecule has 0 saturated heterocycles. The number of hydrogen-bond acceptors (Lipinski definition) is 4. The van der Waals surface area contributed by atoms with Crippen molar-refractivity contribution in [3.63, 3.8) is 0 Å². The van der Waals surface area contributed by atoms with Gasteiger partial charge in [0.2, 0.25) is 0 Å². The third kappa shape index (κ3) is 1.17. The van der Waals surface area contributed by atoms with Gasteiger partial charge in [0.05, 0.1) is 0 Å². The first-order valence-electron chi connectivity index (χ1n) is 3.74. The van der Waals surface area contributed by atoms with Crippen LogP contribution >= 0.6 is 15.9 Å². The minimum atomic E-state index is 0.742. The lowest BCUT2D eigenvalue weighted by atomic mass is 10.5. The van der Waals surface area contributed by atoms with Gasteiger partial charge in [-0.1, -0.05) is 0 Å². The van der Waals surface area contributed by atoms with Gasteiger partial charge in [-0.25, -0.2) is 15.0 Å². The Morgan fingerprint density at radius 1 is 1.46 bits per heavy atom. The molecule has 6 heteroatoms. The molecule has 0 radical (unpaired) electrons. The number of aromatic nitrogens is 4. The van der Waals surface area contributed by atoms with Crippen LogP contribution in [0.4, 0.5) is 5.82 Å². The van der Waals surface area contributed by atoms with Gasteiger partial charge >= 0.3 is 0 Å². The molecule has 0 amide bonds. The van der Waals surface area contributed by atoms with Crippen molar-refractivity contribution < 1.29 is 0 Å². The van der Waals surface area contributed by atoms with Crippen molar-refractivity contribution in [3.05, 3.63) is 11.1 Å². The van der Waals surface area contributed by atoms with E-state index in [9.17, 15) is 0 Å². The first kappa shape index (κ1) is 8.43. The molecule has 0 fully saturated rings. The van der Waals surface area contributed by atoms with Crippen LogP contribution in [0.5, 0.6) is 0 Å². The second-order valence-corrected chi connectivity index (χ2v) is 3.29. The van der Waals surface area contributed by atoms with E-state index in [0.717, 1.165) is 21.7 Å². The lowest BCUT2D eigenvalue weighted by Gasteiger charge is -1.98. The maximum atomic E-state index is 4.28. The van der Waals surface area contributed by atoms with Gasteiger partial charge in [0, 0.05) is 14.1 Å². The second-order valence-electron chi connectivity index (χ2n) is 2.58. The van der Waals surface area contributed by atoms with Crippen LogP contribution in [0.25, 0.3) is 11.2 Å². The molecule has 0 aliphatic rings. The predicted octanol–water partition coefficient (Wildman–Crippen LogP) is 1.17. The molecule has 0 aliphatic carbocycles. The Bertz CT molecular complexity index is 449. The third-order valence-electron chi connectivity index (χ3n) is 1.84. The van der Waals surface area contributed by atoms with Gasteiger partial charge in [-0.05, 0) is 15.9 Å². The van der Waals surface area contributed by atoms with Crippen molar-refractivity contribution in [2.24, 2.45) is 7.05 Å². The van der Waals surface area contributed by atoms with E-state index < -0.39 is 0 Å². The van der Waals surface area contributed by atoms with Crippen LogP contribution in [-0.2, 0) is 7.05 Å². The molecule has 5 nitrogen and oxygen atoms in total. The molecule has 2 aromatic rings. The number of rotatable bonds is 1. The molecule has 2 rings (SSSR count). The SMILES string of the molecule is CNc1ncnc2c1nc(Br)n2C. The summed E-state index contributed by atoms with van der Waals surface area (Å²) in [4.78, 5) is 12.5. The highest BCUT2D eigenvalue weighted by Crippen LogP contribution is 2.20. The fourth-order valence-corrected chi connectivity index (χ4v) is 1.50. The number of nitrogens with one attached hydrogen (secondary N) is 1. The summed E-state index contributed by atoms with van der Waals surface area (Å²) in [7, 11) is 3.70. The number of hydrogen-bond donors (Lipinski definition) is 1. The van der Waals surface area contributed by atoms with E-state index in [-0.39, 0.29) is 0 Å². The molecule has 2 heterocycles. The maximum Gasteiger partial charge on any atom is 0.179 e. The van der Waals surface area contributed by atoms with E-state index in [1.54, 1.807) is 0 Å². The quantitative estimate of drug-likeness (QED) is 0.762. The highest BCUT2D eigenvalue weighted by molar-refractivity contribution is 9.10. The first-order chi connectivity index (χ1) is 6.24. The van der Waals surface area contributed by atoms with Gasteiger partial charge in [0.15, 0.2) is 21.7 Å². The summed E-state index contributed by atoms with van der Waals surface area (Å²) in [6.45, 7) is 0. The minimum absolute atomic E-state index is 0.742. The number of anilines is 1. The minimum Gasteiger partial charge on any atom is -0.371 e. The van der Waals surface area contributed by atoms with Crippen molar-refractivity contribution in [2.45, 2.75) is 0 Å². The van der Waals surface area contributed by atoms with Crippen LogP contribution in [0, 0.1) is 0 Å². The van der Waals surface area contributed by atoms with E-state index in [1.165, 1.54) is 6.33 Å². The van der Waals surface area contributed by atoms with Gasteiger partial charge in [-0.15, -0.1) is 0 Å². The van der Waals surface area contributed by atoms with Gasteiger partial charge in [0.1, 0.15) is 6.33 Å². The summed E-state index contributed by atoms with van der Waals surface area (Å²) in [5.41, 5.74) is 1.59. The first-order valence-corrected chi connectivity index (χ1v) is 4.54. The molecule has 0 unspecified atom stereocenters. The zero-order valence-electron chi connectivity index (χ0n) is 7.24. The summed E-state index contributed by atoms with van der Waals surface area (Å²) in [6.07, 6.45) is 1.52. The van der Waals surface area contributed by atoms with Crippen LogP contribution in [0.2, 0.25) is 0 Å². The molecule has 0 aliphatic heterocycles. The average Bonchev–Trinajstić information content (AvgIpc) is 2.43. The van der Waals surface area contributed by atoms with Crippen LogP contribution < -0.4 is 5.32 Å². The Hall–Kier alpha value is -1.17. The molecule has 0 spiro atoms. The van der Waals surface area contributed by atoms with Crippen molar-refractivity contribution in [3.8, 4) is 0 Å². The lowest BCUT2D eigenvalue weighted by molar-refractivity contribution is 0.896. The van der Waals surface area contributed by atoms with Gasteiger partial charge in [-0.2, -0.15) is 0 Å². The van der Waals surface area contributed by atoms with Gasteiger partial charge in [0.25, 0.3) is 0 Å². The average molecular weight is 242 g/mol. The molecule has 13 heavy (non-hydrogen) atoms. The molecular formula is C7H8BrN5. The van der Waals surface area contributed by atoms with Crippen molar-refractivity contribution >= 4 is 32.9 Å². The van der Waals surface area contributed by atoms with E-state index >= 15 is 0 Å². The molecule has 0 saturated carbocycles. The summed E-state index contributed by atoms with van der Waals surface area (Å²) in [5, 5.41) is 2.96. The highest BCUT2D eigenvalue weighted by Gasteiger charge is 2.09. The van der Waals surface area contributed by atoms with Gasteiger partial charge < -0.3 is 9.88 Å². The van der Waals surface area contributed by atoms with Crippen molar-refractivity contribution in [2.75, 3.05) is 12.4 Å². The van der Waals surface area contributed by atoms with Crippen LogP contribution in [0.1, 0.15) is 0 Å². The standard InChI is InChI=1S/C7H8BrN5/c1-9-5-4-6(11-3-10-5)13(2)7(8)12-4/h3H,1-2H3,(H,9,10,11). The molecular weight excluding hydrogens is 234 g/mol. The Morgan fingerprint density at radius 2 is 2.23 bits per heavy atom. The Kier molecular flexibility index (Phi) is 1.91. The molecule has 0 atom stereocenters. The molecule has 0 bridgehead atoms. The lowest BCUT2D eigenvalue weighted by Crippen LogP contribution is -1.95. The highest BCUT2D eigenvalue weighted by atomic mass is 79.9. The number of imidazole rings is 1. The van der Waals surface area contributed by atoms with Crippen LogP contribution in [-0.4, -0.2) is 26.6 Å². The van der Waals surface area contributed by atoms with Crippen molar-refractivity contribution in [1.82, 2.24) is 19.5 Å². The Labute approximate surface area is 83.3 Å². The summed E-state index contributed by atoms with van der Waals surface area (Å²) in [5.74, 6) is 0.742. The van der Waals surface area contributed by atoms with Crippen LogP contribution in [0.3, 0.4) is 0 Å². The van der Waals surface area contributed by atoms with Crippen LogP contribution in [0.15, 0.2) is 11.1 Å². The topological polar surface area (TPSA) is 55.6 Å². The van der Waals surface area contributed by atoms with E-state index in [2.05, 4.69) is 36.2 Å². The predicted molar refractivity (Wildman–Crippen MR) is 53.6 cm³/mol. The van der Waals surface area contributed by atoms with Gasteiger partial charge in [-0.3, -0.25) is 0 Å². The van der Waals surface area contributed by atoms with E-state index in [0.29, 0.717) is 0 Å². The monoisotopic (exact) mass is 241 g/mol.